The number of aromatic amines is 1. The van der Waals surface area contributed by atoms with Gasteiger partial charge in [0, 0.05) is 12.4 Å². The van der Waals surface area contributed by atoms with Crippen molar-refractivity contribution in [2.75, 3.05) is 0 Å². The van der Waals surface area contributed by atoms with E-state index in [1.54, 1.807) is 0 Å². The maximum Gasteiger partial charge on any atom is 0.112 e. The molecule has 1 aliphatic heterocycles. The number of nitrogens with one attached hydrogen (secondary N) is 2. The first-order chi connectivity index (χ1) is 7.97. The molecule has 3 rings (SSSR count). The van der Waals surface area contributed by atoms with Gasteiger partial charge in [0.15, 0.2) is 0 Å². The molecule has 1 aromatic carbocycles. The average molecular weight is 212 g/mol. The summed E-state index contributed by atoms with van der Waals surface area (Å²) in [6.45, 7) is 0. The lowest BCUT2D eigenvalue weighted by Gasteiger charge is -1.79. The Hall–Kier alpha value is -2.36. The molecule has 0 aliphatic carbocycles. The first-order valence-corrected chi connectivity index (χ1v) is 4.97. The van der Waals surface area contributed by atoms with Crippen LogP contribution in [-0.4, -0.2) is 15.4 Å². The number of H-pyrrole nitrogens is 1. The molecule has 80 valence electrons. The summed E-state index contributed by atoms with van der Waals surface area (Å²) < 4.78 is 0. The summed E-state index contributed by atoms with van der Waals surface area (Å²) in [7, 11) is 0. The number of rotatable bonds is 0. The number of nitrogens with zero attached hydrogens (tertiary/aromatic N) is 2. The predicted octanol–water partition coefficient (Wildman–Crippen LogP) is 2.13. The molecule has 16 heavy (non-hydrogen) atoms. The second-order valence-corrected chi connectivity index (χ2v) is 3.08. The fraction of sp³-hybridized carbons (Fsp3) is 0. The van der Waals surface area contributed by atoms with E-state index in [2.05, 4.69) is 20.7 Å². The van der Waals surface area contributed by atoms with Crippen LogP contribution in [0.25, 0.3) is 11.0 Å². The lowest BCUT2D eigenvalue weighted by atomic mass is 10.3. The van der Waals surface area contributed by atoms with Crippen LogP contribution in [0.3, 0.4) is 0 Å². The first-order valence-electron chi connectivity index (χ1n) is 4.97. The SMILES string of the molecule is C1=CC=CNC=C1.c1ccc2n[nH]nc2c1. The van der Waals surface area contributed by atoms with Crippen LogP contribution in [0.5, 0.6) is 0 Å². The van der Waals surface area contributed by atoms with Crippen molar-refractivity contribution in [2.24, 2.45) is 0 Å². The van der Waals surface area contributed by atoms with E-state index in [4.69, 9.17) is 0 Å². The highest BCUT2D eigenvalue weighted by molar-refractivity contribution is 5.72. The van der Waals surface area contributed by atoms with E-state index in [0.717, 1.165) is 11.0 Å². The predicted molar refractivity (Wildman–Crippen MR) is 64.4 cm³/mol. The third-order valence-electron chi connectivity index (χ3n) is 1.94. The molecule has 0 saturated carbocycles. The van der Waals surface area contributed by atoms with E-state index in [0.29, 0.717) is 0 Å². The molecular weight excluding hydrogens is 200 g/mol. The number of hydrogen-bond acceptors (Lipinski definition) is 3. The first kappa shape index (κ1) is 10.2. The van der Waals surface area contributed by atoms with E-state index >= 15 is 0 Å². The Morgan fingerprint density at radius 1 is 0.750 bits per heavy atom. The normalized spacial score (nSPS) is 12.8. The molecule has 4 nitrogen and oxygen atoms in total. The van der Waals surface area contributed by atoms with Crippen LogP contribution in [0.2, 0.25) is 0 Å². The van der Waals surface area contributed by atoms with E-state index in [-0.39, 0.29) is 0 Å². The fourth-order valence-electron chi connectivity index (χ4n) is 1.19. The van der Waals surface area contributed by atoms with Gasteiger partial charge in [-0.05, 0) is 24.3 Å². The van der Waals surface area contributed by atoms with Crippen LogP contribution < -0.4 is 5.32 Å². The van der Waals surface area contributed by atoms with Gasteiger partial charge in [0.25, 0.3) is 0 Å². The number of aromatic nitrogens is 3. The number of allylic oxidation sites excluding steroid dienone is 4. The average Bonchev–Trinajstić information content (AvgIpc) is 2.61. The smallest absolute Gasteiger partial charge is 0.112 e. The van der Waals surface area contributed by atoms with E-state index in [1.807, 2.05) is 61.0 Å². The number of hydrogen-bond donors (Lipinski definition) is 2. The summed E-state index contributed by atoms with van der Waals surface area (Å²) in [4.78, 5) is 0. The highest BCUT2D eigenvalue weighted by Crippen LogP contribution is 2.03. The van der Waals surface area contributed by atoms with E-state index in [1.165, 1.54) is 0 Å². The molecule has 0 atom stereocenters. The zero-order valence-electron chi connectivity index (χ0n) is 8.67. The minimum absolute atomic E-state index is 0.914. The van der Waals surface area contributed by atoms with Crippen LogP contribution in [-0.2, 0) is 0 Å². The van der Waals surface area contributed by atoms with Crippen molar-refractivity contribution in [3.05, 3.63) is 61.0 Å². The van der Waals surface area contributed by atoms with Gasteiger partial charge >= 0.3 is 0 Å². The molecule has 0 radical (unpaired) electrons. The highest BCUT2D eigenvalue weighted by Gasteiger charge is 1.90. The van der Waals surface area contributed by atoms with Crippen LogP contribution in [0, 0.1) is 0 Å². The molecule has 0 saturated heterocycles. The monoisotopic (exact) mass is 212 g/mol. The zero-order chi connectivity index (χ0) is 11.1. The Kier molecular flexibility index (Phi) is 3.50. The standard InChI is InChI=1S/C6H5N3.C6H7N/c1-2-4-6-5(3-1)7-9-8-6;1-2-4-6-7-5-3-1/h1-4H,(H,7,8,9);1-7H. The second kappa shape index (κ2) is 5.50. The third kappa shape index (κ3) is 2.81. The van der Waals surface area contributed by atoms with Gasteiger partial charge in [-0.25, -0.2) is 0 Å². The lowest BCUT2D eigenvalue weighted by Crippen LogP contribution is -1.87. The summed E-state index contributed by atoms with van der Waals surface area (Å²) >= 11 is 0. The minimum atomic E-state index is 0.914. The number of benzene rings is 1. The topological polar surface area (TPSA) is 53.6 Å². The van der Waals surface area contributed by atoms with Crippen molar-refractivity contribution in [1.29, 1.82) is 0 Å². The van der Waals surface area contributed by atoms with Gasteiger partial charge in [-0.2, -0.15) is 15.4 Å². The van der Waals surface area contributed by atoms with Crippen molar-refractivity contribution in [2.45, 2.75) is 0 Å². The van der Waals surface area contributed by atoms with Gasteiger partial charge in [0.05, 0.1) is 0 Å². The molecule has 2 aromatic rings. The van der Waals surface area contributed by atoms with Gasteiger partial charge in [-0.1, -0.05) is 24.3 Å². The minimum Gasteiger partial charge on any atom is -0.368 e. The van der Waals surface area contributed by atoms with E-state index in [9.17, 15) is 0 Å². The van der Waals surface area contributed by atoms with Gasteiger partial charge in [-0.3, -0.25) is 0 Å². The summed E-state index contributed by atoms with van der Waals surface area (Å²) in [6, 6.07) is 7.70. The van der Waals surface area contributed by atoms with Crippen molar-refractivity contribution < 1.29 is 0 Å². The van der Waals surface area contributed by atoms with Crippen molar-refractivity contribution >= 4 is 11.0 Å². The lowest BCUT2D eigenvalue weighted by molar-refractivity contribution is 0.959. The Labute approximate surface area is 93.4 Å². The van der Waals surface area contributed by atoms with Crippen molar-refractivity contribution in [1.82, 2.24) is 20.7 Å². The van der Waals surface area contributed by atoms with Crippen LogP contribution >= 0.6 is 0 Å². The second-order valence-electron chi connectivity index (χ2n) is 3.08. The molecule has 1 aromatic heterocycles. The molecule has 0 bridgehead atoms. The summed E-state index contributed by atoms with van der Waals surface area (Å²) in [6.07, 6.45) is 11.6. The van der Waals surface area contributed by atoms with Gasteiger partial charge < -0.3 is 5.32 Å². The molecular formula is C12H12N4. The molecule has 0 unspecified atom stereocenters. The summed E-state index contributed by atoms with van der Waals surface area (Å²) in [5.41, 5.74) is 1.83. The molecule has 2 heterocycles. The molecule has 0 spiro atoms. The van der Waals surface area contributed by atoms with Crippen molar-refractivity contribution in [3.63, 3.8) is 0 Å². The van der Waals surface area contributed by atoms with Crippen LogP contribution in [0.15, 0.2) is 61.0 Å². The Morgan fingerprint density at radius 3 is 1.88 bits per heavy atom. The molecule has 0 fully saturated rings. The Balaban J connectivity index is 0.000000125. The summed E-state index contributed by atoms with van der Waals surface area (Å²) in [5.74, 6) is 0. The zero-order valence-corrected chi connectivity index (χ0v) is 8.67. The largest absolute Gasteiger partial charge is 0.368 e. The molecule has 1 aliphatic rings. The quantitative estimate of drug-likeness (QED) is 0.703. The maximum atomic E-state index is 3.88. The molecule has 0 amide bonds. The number of fused-ring (bicyclic) bond motifs is 1. The van der Waals surface area contributed by atoms with Gasteiger partial charge in [0.1, 0.15) is 11.0 Å². The highest BCUT2D eigenvalue weighted by atomic mass is 15.3. The van der Waals surface area contributed by atoms with Crippen LogP contribution in [0.1, 0.15) is 0 Å². The summed E-state index contributed by atoms with van der Waals surface area (Å²) in [5, 5.41) is 13.2. The maximum absolute atomic E-state index is 3.88. The Bertz CT molecular complexity index is 478. The van der Waals surface area contributed by atoms with E-state index < -0.39 is 0 Å². The van der Waals surface area contributed by atoms with Crippen molar-refractivity contribution in [3.8, 4) is 0 Å². The van der Waals surface area contributed by atoms with Gasteiger partial charge in [0.2, 0.25) is 0 Å². The van der Waals surface area contributed by atoms with Gasteiger partial charge in [-0.15, -0.1) is 0 Å². The molecule has 2 N–H and O–H groups in total. The third-order valence-corrected chi connectivity index (χ3v) is 1.94. The fourth-order valence-corrected chi connectivity index (χ4v) is 1.19. The Morgan fingerprint density at radius 2 is 1.31 bits per heavy atom. The molecule has 4 heteroatoms. The van der Waals surface area contributed by atoms with Crippen LogP contribution in [0.4, 0.5) is 0 Å². The number of para-hydroxylation sites is 2.